The Morgan fingerprint density at radius 1 is 0.952 bits per heavy atom. The molecule has 21 heavy (non-hydrogen) atoms. The van der Waals surface area contributed by atoms with Crippen LogP contribution in [-0.4, -0.2) is 15.1 Å². The van der Waals surface area contributed by atoms with Gasteiger partial charge in [-0.25, -0.2) is 0 Å². The highest BCUT2D eigenvalue weighted by molar-refractivity contribution is 5.58. The quantitative estimate of drug-likeness (QED) is 0.720. The summed E-state index contributed by atoms with van der Waals surface area (Å²) in [6.07, 6.45) is -2.79. The largest absolute Gasteiger partial charge is 0.416 e. The third-order valence-electron chi connectivity index (χ3n) is 2.78. The number of halogens is 3. The second kappa shape index (κ2) is 5.01. The van der Waals surface area contributed by atoms with Gasteiger partial charge in [0.05, 0.1) is 5.56 Å². The predicted molar refractivity (Wildman–Crippen MR) is 68.0 cm³/mol. The van der Waals surface area contributed by atoms with Crippen LogP contribution in [0.15, 0.2) is 53.2 Å². The van der Waals surface area contributed by atoms with Gasteiger partial charge in [-0.2, -0.15) is 18.2 Å². The summed E-state index contributed by atoms with van der Waals surface area (Å²) >= 11 is 0. The highest BCUT2D eigenvalue weighted by Gasteiger charge is 2.30. The maximum atomic E-state index is 12.5. The van der Waals surface area contributed by atoms with Crippen LogP contribution in [0.1, 0.15) is 5.56 Å². The summed E-state index contributed by atoms with van der Waals surface area (Å²) in [5.74, 6) is 0.426. The monoisotopic (exact) mass is 291 g/mol. The molecule has 0 fully saturated rings. The van der Waals surface area contributed by atoms with Crippen LogP contribution in [0.5, 0.6) is 0 Å². The van der Waals surface area contributed by atoms with E-state index in [-0.39, 0.29) is 11.7 Å². The van der Waals surface area contributed by atoms with Gasteiger partial charge in [-0.3, -0.25) is 4.98 Å². The number of nitrogens with zero attached hydrogens (tertiary/aromatic N) is 3. The van der Waals surface area contributed by atoms with Gasteiger partial charge in [-0.1, -0.05) is 23.4 Å². The van der Waals surface area contributed by atoms with E-state index in [1.807, 2.05) is 0 Å². The summed E-state index contributed by atoms with van der Waals surface area (Å²) < 4.78 is 42.5. The van der Waals surface area contributed by atoms with Crippen molar-refractivity contribution in [2.75, 3.05) is 0 Å². The number of hydrogen-bond acceptors (Lipinski definition) is 4. The van der Waals surface area contributed by atoms with E-state index in [1.54, 1.807) is 24.4 Å². The Morgan fingerprint density at radius 2 is 1.71 bits per heavy atom. The van der Waals surface area contributed by atoms with E-state index in [9.17, 15) is 13.2 Å². The third kappa shape index (κ3) is 2.76. The van der Waals surface area contributed by atoms with Crippen molar-refractivity contribution in [2.24, 2.45) is 0 Å². The van der Waals surface area contributed by atoms with Crippen LogP contribution in [0.25, 0.3) is 23.0 Å². The van der Waals surface area contributed by atoms with Crippen molar-refractivity contribution in [1.82, 2.24) is 15.1 Å². The summed E-state index contributed by atoms with van der Waals surface area (Å²) in [7, 11) is 0. The molecule has 4 nitrogen and oxygen atoms in total. The van der Waals surface area contributed by atoms with E-state index in [1.165, 1.54) is 12.1 Å². The van der Waals surface area contributed by atoms with Gasteiger partial charge in [0.2, 0.25) is 5.82 Å². The first-order chi connectivity index (χ1) is 10.0. The summed E-state index contributed by atoms with van der Waals surface area (Å²) in [5, 5.41) is 3.75. The Morgan fingerprint density at radius 3 is 2.33 bits per heavy atom. The lowest BCUT2D eigenvalue weighted by Crippen LogP contribution is -2.04. The minimum absolute atomic E-state index is 0.212. The minimum atomic E-state index is -4.37. The van der Waals surface area contributed by atoms with Crippen molar-refractivity contribution in [3.05, 3.63) is 54.2 Å². The van der Waals surface area contributed by atoms with Gasteiger partial charge in [-0.15, -0.1) is 0 Å². The van der Waals surface area contributed by atoms with Crippen molar-refractivity contribution < 1.29 is 17.7 Å². The molecule has 0 N–H and O–H groups in total. The smallest absolute Gasteiger partial charge is 0.332 e. The number of alkyl halides is 3. The van der Waals surface area contributed by atoms with Crippen LogP contribution in [0, 0.1) is 0 Å². The lowest BCUT2D eigenvalue weighted by Gasteiger charge is -2.05. The molecule has 0 amide bonds. The molecule has 0 saturated carbocycles. The number of hydrogen-bond donors (Lipinski definition) is 0. The van der Waals surface area contributed by atoms with Crippen LogP contribution in [0.2, 0.25) is 0 Å². The van der Waals surface area contributed by atoms with Crippen LogP contribution in [0.4, 0.5) is 13.2 Å². The summed E-state index contributed by atoms with van der Waals surface area (Å²) in [5.41, 5.74) is 0.219. The maximum absolute atomic E-state index is 12.5. The van der Waals surface area contributed by atoms with E-state index in [4.69, 9.17) is 4.52 Å². The van der Waals surface area contributed by atoms with Crippen molar-refractivity contribution >= 4 is 0 Å². The van der Waals surface area contributed by atoms with Crippen molar-refractivity contribution in [3.8, 4) is 23.0 Å². The molecule has 3 rings (SSSR count). The zero-order valence-corrected chi connectivity index (χ0v) is 10.5. The molecule has 2 aromatic heterocycles. The molecule has 3 aromatic rings. The Bertz CT molecular complexity index is 736. The Balaban J connectivity index is 1.90. The average molecular weight is 291 g/mol. The molecule has 0 aliphatic carbocycles. The zero-order valence-electron chi connectivity index (χ0n) is 10.5. The van der Waals surface area contributed by atoms with Crippen LogP contribution >= 0.6 is 0 Å². The molecule has 106 valence electrons. The molecule has 0 unspecified atom stereocenters. The molecule has 1 aromatic carbocycles. The Hall–Kier alpha value is -2.70. The third-order valence-corrected chi connectivity index (χ3v) is 2.78. The maximum Gasteiger partial charge on any atom is 0.416 e. The normalized spacial score (nSPS) is 11.6. The van der Waals surface area contributed by atoms with Gasteiger partial charge in [0.25, 0.3) is 5.89 Å². The van der Waals surface area contributed by atoms with Crippen molar-refractivity contribution in [3.63, 3.8) is 0 Å². The molecule has 0 spiro atoms. The Kier molecular flexibility index (Phi) is 3.17. The topological polar surface area (TPSA) is 51.8 Å². The van der Waals surface area contributed by atoms with Gasteiger partial charge >= 0.3 is 6.18 Å². The molecule has 0 bridgehead atoms. The van der Waals surface area contributed by atoms with Gasteiger partial charge in [0.15, 0.2) is 0 Å². The fraction of sp³-hybridized carbons (Fsp3) is 0.0714. The molecule has 0 aliphatic heterocycles. The van der Waals surface area contributed by atoms with E-state index in [2.05, 4.69) is 15.1 Å². The van der Waals surface area contributed by atoms with Crippen molar-refractivity contribution in [1.29, 1.82) is 0 Å². The lowest BCUT2D eigenvalue weighted by molar-refractivity contribution is -0.137. The molecule has 0 atom stereocenters. The number of benzene rings is 1. The number of rotatable bonds is 2. The first-order valence-corrected chi connectivity index (χ1v) is 5.97. The van der Waals surface area contributed by atoms with Gasteiger partial charge in [0, 0.05) is 11.8 Å². The molecule has 0 saturated heterocycles. The lowest BCUT2D eigenvalue weighted by atomic mass is 10.1. The predicted octanol–water partition coefficient (Wildman–Crippen LogP) is 3.82. The first kappa shape index (κ1) is 13.3. The second-order valence-electron chi connectivity index (χ2n) is 4.21. The molecule has 0 aliphatic rings. The van der Waals surface area contributed by atoms with Crippen LogP contribution < -0.4 is 0 Å². The molecule has 7 heteroatoms. The highest BCUT2D eigenvalue weighted by atomic mass is 19.4. The first-order valence-electron chi connectivity index (χ1n) is 5.97. The summed E-state index contributed by atoms with van der Waals surface area (Å²) in [6, 6.07) is 9.77. The SMILES string of the molecule is FC(F)(F)c1ccc(-c2noc(-c3ccccn3)n2)cc1. The molecular weight excluding hydrogens is 283 g/mol. The zero-order chi connectivity index (χ0) is 14.9. The Labute approximate surface area is 117 Å². The van der Waals surface area contributed by atoms with Crippen molar-refractivity contribution in [2.45, 2.75) is 6.18 Å². The molecule has 0 radical (unpaired) electrons. The summed E-state index contributed by atoms with van der Waals surface area (Å²) in [4.78, 5) is 8.18. The average Bonchev–Trinajstić information content (AvgIpc) is 2.97. The van der Waals surface area contributed by atoms with Crippen LogP contribution in [-0.2, 0) is 6.18 Å². The fourth-order valence-corrected chi connectivity index (χ4v) is 1.74. The second-order valence-corrected chi connectivity index (χ2v) is 4.21. The van der Waals surface area contributed by atoms with Gasteiger partial charge < -0.3 is 4.52 Å². The van der Waals surface area contributed by atoms with Gasteiger partial charge in [0.1, 0.15) is 5.69 Å². The highest BCUT2D eigenvalue weighted by Crippen LogP contribution is 2.30. The van der Waals surface area contributed by atoms with Crippen LogP contribution in [0.3, 0.4) is 0 Å². The van der Waals surface area contributed by atoms with E-state index in [0.29, 0.717) is 11.3 Å². The van der Waals surface area contributed by atoms with Gasteiger partial charge in [-0.05, 0) is 24.3 Å². The van der Waals surface area contributed by atoms with E-state index in [0.717, 1.165) is 12.1 Å². The number of aromatic nitrogens is 3. The van der Waals surface area contributed by atoms with E-state index < -0.39 is 11.7 Å². The summed E-state index contributed by atoms with van der Waals surface area (Å²) in [6.45, 7) is 0. The van der Waals surface area contributed by atoms with E-state index >= 15 is 0 Å². The minimum Gasteiger partial charge on any atom is -0.332 e. The fourth-order valence-electron chi connectivity index (χ4n) is 1.74. The molecular formula is C14H8F3N3O. The standard InChI is InChI=1S/C14H8F3N3O/c15-14(16,17)10-6-4-9(5-7-10)12-19-13(21-20-12)11-3-1-2-8-18-11/h1-8H. The number of pyridine rings is 1. The molecule has 2 heterocycles.